The number of nitrogens with zero attached hydrogens (tertiary/aromatic N) is 2. The third-order valence-electron chi connectivity index (χ3n) is 2.49. The number of aromatic nitrogens is 2. The molecule has 0 aliphatic heterocycles. The molecule has 6 heteroatoms. The molecule has 2 rings (SSSR count). The highest BCUT2D eigenvalue weighted by Crippen LogP contribution is 2.17. The zero-order valence-corrected chi connectivity index (χ0v) is 9.60. The van der Waals surface area contributed by atoms with Crippen molar-refractivity contribution < 1.29 is 13.6 Å². The number of carbonyl (C=O) groups is 1. The maximum absolute atomic E-state index is 13.3. The molecule has 18 heavy (non-hydrogen) atoms. The van der Waals surface area contributed by atoms with Crippen LogP contribution in [0.1, 0.15) is 13.0 Å². The van der Waals surface area contributed by atoms with E-state index in [1.807, 2.05) is 0 Å². The molecule has 0 saturated carbocycles. The second-order valence-corrected chi connectivity index (χ2v) is 3.78. The van der Waals surface area contributed by atoms with Crippen molar-refractivity contribution >= 4 is 11.6 Å². The molecule has 0 radical (unpaired) electrons. The molecule has 1 aromatic carbocycles. The van der Waals surface area contributed by atoms with Gasteiger partial charge < -0.3 is 5.32 Å². The van der Waals surface area contributed by atoms with Crippen LogP contribution in [0.2, 0.25) is 0 Å². The number of anilines is 1. The second-order valence-electron chi connectivity index (χ2n) is 3.78. The summed E-state index contributed by atoms with van der Waals surface area (Å²) >= 11 is 0. The van der Waals surface area contributed by atoms with Crippen molar-refractivity contribution in [3.05, 3.63) is 48.3 Å². The number of halogens is 2. The van der Waals surface area contributed by atoms with Crippen molar-refractivity contribution in [3.63, 3.8) is 0 Å². The highest BCUT2D eigenvalue weighted by atomic mass is 19.1. The van der Waals surface area contributed by atoms with E-state index in [9.17, 15) is 13.6 Å². The molecule has 0 fully saturated rings. The van der Waals surface area contributed by atoms with Gasteiger partial charge in [-0.05, 0) is 25.1 Å². The van der Waals surface area contributed by atoms with E-state index in [1.54, 1.807) is 19.2 Å². The van der Waals surface area contributed by atoms with Crippen LogP contribution >= 0.6 is 0 Å². The monoisotopic (exact) mass is 251 g/mol. The first-order valence-electron chi connectivity index (χ1n) is 5.33. The summed E-state index contributed by atoms with van der Waals surface area (Å²) in [5.41, 5.74) is -0.181. The summed E-state index contributed by atoms with van der Waals surface area (Å²) in [6.07, 6.45) is 3.15. The van der Waals surface area contributed by atoms with Crippen molar-refractivity contribution in [1.82, 2.24) is 9.78 Å². The normalized spacial score (nSPS) is 12.2. The number of amides is 1. The van der Waals surface area contributed by atoms with Crippen LogP contribution in [-0.4, -0.2) is 15.7 Å². The van der Waals surface area contributed by atoms with Gasteiger partial charge in [0.25, 0.3) is 0 Å². The van der Waals surface area contributed by atoms with Gasteiger partial charge in [-0.25, -0.2) is 8.78 Å². The van der Waals surface area contributed by atoms with Crippen LogP contribution < -0.4 is 5.32 Å². The third-order valence-corrected chi connectivity index (χ3v) is 2.49. The molecule has 1 aromatic heterocycles. The number of nitrogens with one attached hydrogen (secondary N) is 1. The van der Waals surface area contributed by atoms with Crippen LogP contribution in [0.3, 0.4) is 0 Å². The molecule has 0 bridgehead atoms. The van der Waals surface area contributed by atoms with Gasteiger partial charge in [0.2, 0.25) is 5.91 Å². The van der Waals surface area contributed by atoms with Crippen LogP contribution in [0.25, 0.3) is 0 Å². The molecular weight excluding hydrogens is 240 g/mol. The van der Waals surface area contributed by atoms with Gasteiger partial charge in [0.1, 0.15) is 17.7 Å². The van der Waals surface area contributed by atoms with Crippen LogP contribution in [-0.2, 0) is 4.79 Å². The number of rotatable bonds is 3. The van der Waals surface area contributed by atoms with E-state index in [0.717, 1.165) is 18.2 Å². The van der Waals surface area contributed by atoms with Crippen molar-refractivity contribution in [3.8, 4) is 0 Å². The van der Waals surface area contributed by atoms with Gasteiger partial charge in [0.05, 0.1) is 5.69 Å². The molecule has 0 aliphatic rings. The molecule has 0 spiro atoms. The number of hydrogen-bond acceptors (Lipinski definition) is 2. The van der Waals surface area contributed by atoms with E-state index >= 15 is 0 Å². The average molecular weight is 251 g/mol. The average Bonchev–Trinajstić information content (AvgIpc) is 2.86. The zero-order chi connectivity index (χ0) is 13.1. The topological polar surface area (TPSA) is 46.9 Å². The first-order chi connectivity index (χ1) is 8.58. The lowest BCUT2D eigenvalue weighted by Gasteiger charge is -2.13. The van der Waals surface area contributed by atoms with E-state index in [2.05, 4.69) is 10.4 Å². The van der Waals surface area contributed by atoms with Crippen LogP contribution in [0.15, 0.2) is 36.7 Å². The number of hydrogen-bond donors (Lipinski definition) is 1. The molecule has 94 valence electrons. The lowest BCUT2D eigenvalue weighted by Crippen LogP contribution is -2.24. The molecule has 1 unspecified atom stereocenters. The van der Waals surface area contributed by atoms with Gasteiger partial charge >= 0.3 is 0 Å². The quantitative estimate of drug-likeness (QED) is 0.910. The van der Waals surface area contributed by atoms with E-state index in [0.29, 0.717) is 0 Å². The summed E-state index contributed by atoms with van der Waals surface area (Å²) in [6.45, 7) is 1.61. The van der Waals surface area contributed by atoms with Crippen LogP contribution in [0.5, 0.6) is 0 Å². The predicted octanol–water partition coefficient (Wildman–Crippen LogP) is 2.36. The molecule has 1 amide bonds. The maximum atomic E-state index is 13.3. The molecule has 0 saturated heterocycles. The summed E-state index contributed by atoms with van der Waals surface area (Å²) < 4.78 is 27.7. The van der Waals surface area contributed by atoms with Crippen molar-refractivity contribution in [1.29, 1.82) is 0 Å². The Labute approximate surface area is 102 Å². The van der Waals surface area contributed by atoms with Crippen molar-refractivity contribution in [2.45, 2.75) is 13.0 Å². The van der Waals surface area contributed by atoms with Crippen molar-refractivity contribution in [2.75, 3.05) is 5.32 Å². The van der Waals surface area contributed by atoms with Gasteiger partial charge in [-0.15, -0.1) is 0 Å². The van der Waals surface area contributed by atoms with E-state index in [1.165, 1.54) is 10.9 Å². The second kappa shape index (κ2) is 4.95. The first kappa shape index (κ1) is 12.2. The van der Waals surface area contributed by atoms with Crippen LogP contribution in [0, 0.1) is 11.6 Å². The maximum Gasteiger partial charge on any atom is 0.249 e. The minimum Gasteiger partial charge on any atom is -0.322 e. The summed E-state index contributed by atoms with van der Waals surface area (Å²) in [5.74, 6) is -1.76. The van der Waals surface area contributed by atoms with E-state index < -0.39 is 23.6 Å². The summed E-state index contributed by atoms with van der Waals surface area (Å²) in [4.78, 5) is 11.8. The largest absolute Gasteiger partial charge is 0.322 e. The fourth-order valence-corrected chi connectivity index (χ4v) is 1.46. The summed E-state index contributed by atoms with van der Waals surface area (Å²) in [5, 5.41) is 6.23. The highest BCUT2D eigenvalue weighted by molar-refractivity contribution is 5.93. The fourth-order valence-electron chi connectivity index (χ4n) is 1.46. The van der Waals surface area contributed by atoms with Gasteiger partial charge in [0, 0.05) is 18.5 Å². The minimum atomic E-state index is -0.683. The predicted molar refractivity (Wildman–Crippen MR) is 61.9 cm³/mol. The smallest absolute Gasteiger partial charge is 0.249 e. The summed E-state index contributed by atoms with van der Waals surface area (Å²) in [6, 6.07) is 3.95. The molecular formula is C12H11F2N3O. The molecule has 4 nitrogen and oxygen atoms in total. The zero-order valence-electron chi connectivity index (χ0n) is 9.60. The van der Waals surface area contributed by atoms with Gasteiger partial charge in [-0.1, -0.05) is 0 Å². The van der Waals surface area contributed by atoms with Gasteiger partial charge in [0.15, 0.2) is 0 Å². The number of carbonyl (C=O) groups excluding carboxylic acids is 1. The molecule has 1 heterocycles. The van der Waals surface area contributed by atoms with Gasteiger partial charge in [-0.2, -0.15) is 5.10 Å². The molecule has 1 N–H and O–H groups in total. The Bertz CT molecular complexity index is 554. The SMILES string of the molecule is CC(C(=O)Nc1cc(F)ccc1F)n1cccn1. The van der Waals surface area contributed by atoms with Crippen LogP contribution in [0.4, 0.5) is 14.5 Å². The minimum absolute atomic E-state index is 0.181. The lowest BCUT2D eigenvalue weighted by molar-refractivity contribution is -0.119. The standard InChI is InChI=1S/C12H11F2N3O/c1-8(17-6-2-5-15-17)12(18)16-11-7-9(13)3-4-10(11)14/h2-8H,1H3,(H,16,18). The Balaban J connectivity index is 2.14. The molecule has 2 aromatic rings. The van der Waals surface area contributed by atoms with E-state index in [-0.39, 0.29) is 5.69 Å². The molecule has 1 atom stereocenters. The Hall–Kier alpha value is -2.24. The Kier molecular flexibility index (Phi) is 3.36. The highest BCUT2D eigenvalue weighted by Gasteiger charge is 2.16. The number of benzene rings is 1. The van der Waals surface area contributed by atoms with E-state index in [4.69, 9.17) is 0 Å². The third kappa shape index (κ3) is 2.53. The Morgan fingerprint density at radius 3 is 2.89 bits per heavy atom. The lowest BCUT2D eigenvalue weighted by atomic mass is 10.2. The fraction of sp³-hybridized carbons (Fsp3) is 0.167. The summed E-state index contributed by atoms with van der Waals surface area (Å²) in [7, 11) is 0. The Morgan fingerprint density at radius 1 is 1.44 bits per heavy atom. The first-order valence-corrected chi connectivity index (χ1v) is 5.33. The molecule has 0 aliphatic carbocycles. The Morgan fingerprint density at radius 2 is 2.22 bits per heavy atom. The van der Waals surface area contributed by atoms with Gasteiger partial charge in [-0.3, -0.25) is 9.48 Å². The van der Waals surface area contributed by atoms with Crippen molar-refractivity contribution in [2.24, 2.45) is 0 Å².